The summed E-state index contributed by atoms with van der Waals surface area (Å²) < 4.78 is 0. The van der Waals surface area contributed by atoms with Gasteiger partial charge in [-0.1, -0.05) is 12.1 Å². The maximum absolute atomic E-state index is 12.0. The van der Waals surface area contributed by atoms with Crippen LogP contribution in [0.3, 0.4) is 0 Å². The van der Waals surface area contributed by atoms with Crippen molar-refractivity contribution in [1.29, 1.82) is 0 Å². The molecule has 0 atom stereocenters. The van der Waals surface area contributed by atoms with E-state index in [1.54, 1.807) is 24.3 Å². The van der Waals surface area contributed by atoms with E-state index in [0.29, 0.717) is 16.9 Å². The third kappa shape index (κ3) is 2.04. The van der Waals surface area contributed by atoms with Crippen LogP contribution >= 0.6 is 11.6 Å². The number of aromatic nitrogens is 1. The highest BCUT2D eigenvalue weighted by Crippen LogP contribution is 2.30. The predicted molar refractivity (Wildman–Crippen MR) is 72.1 cm³/mol. The number of nitrogens with zero attached hydrogens (tertiary/aromatic N) is 1. The third-order valence-corrected chi connectivity index (χ3v) is 2.96. The van der Waals surface area contributed by atoms with Crippen molar-refractivity contribution in [3.05, 3.63) is 47.7 Å². The van der Waals surface area contributed by atoms with Crippen LogP contribution in [0.25, 0.3) is 0 Å². The van der Waals surface area contributed by atoms with E-state index in [1.165, 1.54) is 6.07 Å². The molecule has 0 unspecified atom stereocenters. The first-order valence-electron chi connectivity index (χ1n) is 5.53. The fourth-order valence-corrected chi connectivity index (χ4v) is 1.98. The van der Waals surface area contributed by atoms with Gasteiger partial charge in [-0.05, 0) is 35.9 Å². The number of amides is 1. The Bertz CT molecular complexity index is 700. The van der Waals surface area contributed by atoms with E-state index in [-0.39, 0.29) is 17.4 Å². The van der Waals surface area contributed by atoms with Gasteiger partial charge in [-0.15, -0.1) is 0 Å². The van der Waals surface area contributed by atoms with Crippen LogP contribution in [0.1, 0.15) is 20.8 Å². The van der Waals surface area contributed by atoms with Gasteiger partial charge in [0.05, 0.1) is 16.9 Å². The first-order chi connectivity index (χ1) is 9.15. The molecule has 0 aliphatic carbocycles. The number of fused-ring (bicyclic) bond motifs is 2. The average molecular weight is 274 g/mol. The quantitative estimate of drug-likeness (QED) is 0.784. The van der Waals surface area contributed by atoms with Gasteiger partial charge in [0, 0.05) is 0 Å². The van der Waals surface area contributed by atoms with Crippen LogP contribution in [-0.2, 0) is 0 Å². The molecule has 2 heterocycles. The van der Waals surface area contributed by atoms with Crippen LogP contribution in [0.4, 0.5) is 17.2 Å². The lowest BCUT2D eigenvalue weighted by Crippen LogP contribution is -2.12. The van der Waals surface area contributed by atoms with Crippen LogP contribution in [0.15, 0.2) is 36.4 Å². The Balaban J connectivity index is 2.12. The molecule has 5 nitrogen and oxygen atoms in total. The molecule has 0 spiro atoms. The van der Waals surface area contributed by atoms with E-state index in [0.717, 1.165) is 0 Å². The lowest BCUT2D eigenvalue weighted by molar-refractivity contribution is 0.102. The van der Waals surface area contributed by atoms with Gasteiger partial charge >= 0.3 is 0 Å². The molecule has 6 heteroatoms. The van der Waals surface area contributed by atoms with Crippen molar-refractivity contribution in [2.75, 3.05) is 10.6 Å². The monoisotopic (exact) mass is 273 g/mol. The van der Waals surface area contributed by atoms with Gasteiger partial charge in [-0.2, -0.15) is 0 Å². The molecule has 1 aromatic heterocycles. The van der Waals surface area contributed by atoms with E-state index in [2.05, 4.69) is 15.6 Å². The summed E-state index contributed by atoms with van der Waals surface area (Å²) in [6.45, 7) is 0. The Kier molecular flexibility index (Phi) is 2.68. The first kappa shape index (κ1) is 11.7. The van der Waals surface area contributed by atoms with Crippen LogP contribution in [0, 0.1) is 0 Å². The summed E-state index contributed by atoms with van der Waals surface area (Å²) in [5.41, 5.74) is 1.90. The Morgan fingerprint density at radius 1 is 1.05 bits per heavy atom. The molecule has 2 N–H and O–H groups in total. The number of para-hydroxylation sites is 1. The fourth-order valence-electron chi connectivity index (χ4n) is 1.87. The Hall–Kier alpha value is -2.40. The van der Waals surface area contributed by atoms with Crippen molar-refractivity contribution in [2.45, 2.75) is 0 Å². The highest BCUT2D eigenvalue weighted by atomic mass is 35.5. The van der Waals surface area contributed by atoms with Crippen molar-refractivity contribution < 1.29 is 9.59 Å². The average Bonchev–Trinajstić information content (AvgIpc) is 2.54. The van der Waals surface area contributed by atoms with E-state index in [1.807, 2.05) is 6.07 Å². The number of hydrogen-bond donors (Lipinski definition) is 2. The lowest BCUT2D eigenvalue weighted by Gasteiger charge is -2.07. The zero-order valence-electron chi connectivity index (χ0n) is 9.61. The van der Waals surface area contributed by atoms with E-state index >= 15 is 0 Å². The van der Waals surface area contributed by atoms with Gasteiger partial charge in [0.25, 0.3) is 11.1 Å². The summed E-state index contributed by atoms with van der Waals surface area (Å²) in [6.07, 6.45) is 0. The molecule has 1 aliphatic heterocycles. The van der Waals surface area contributed by atoms with Gasteiger partial charge in [-0.25, -0.2) is 4.98 Å². The second kappa shape index (κ2) is 4.37. The van der Waals surface area contributed by atoms with Gasteiger partial charge in [0.15, 0.2) is 5.82 Å². The second-order valence-electron chi connectivity index (χ2n) is 3.99. The van der Waals surface area contributed by atoms with Gasteiger partial charge < -0.3 is 10.6 Å². The molecular formula is C13H8ClN3O2. The summed E-state index contributed by atoms with van der Waals surface area (Å²) in [5.74, 6) is 0.00113. The Labute approximate surface area is 113 Å². The summed E-state index contributed by atoms with van der Waals surface area (Å²) in [4.78, 5) is 27.2. The molecule has 0 saturated heterocycles. The van der Waals surface area contributed by atoms with Crippen molar-refractivity contribution in [3.8, 4) is 0 Å². The van der Waals surface area contributed by atoms with Crippen LogP contribution in [-0.4, -0.2) is 16.1 Å². The number of pyridine rings is 1. The summed E-state index contributed by atoms with van der Waals surface area (Å²) >= 11 is 5.38. The maximum atomic E-state index is 12.0. The molecule has 0 fully saturated rings. The summed E-state index contributed by atoms with van der Waals surface area (Å²) in [6, 6.07) is 10.3. The zero-order valence-corrected chi connectivity index (χ0v) is 10.4. The van der Waals surface area contributed by atoms with Crippen LogP contribution in [0.2, 0.25) is 0 Å². The molecule has 94 valence electrons. The number of nitrogens with one attached hydrogen (secondary N) is 2. The Morgan fingerprint density at radius 3 is 2.63 bits per heavy atom. The molecule has 0 radical (unpaired) electrons. The van der Waals surface area contributed by atoms with E-state index < -0.39 is 5.24 Å². The number of anilines is 3. The fraction of sp³-hybridized carbons (Fsp3) is 0. The number of carbonyl (C=O) groups is 2. The molecule has 0 bridgehead atoms. The van der Waals surface area contributed by atoms with Crippen LogP contribution < -0.4 is 10.6 Å². The molecule has 1 aromatic carbocycles. The minimum atomic E-state index is -0.668. The first-order valence-corrected chi connectivity index (χ1v) is 5.91. The topological polar surface area (TPSA) is 71.1 Å². The molecular weight excluding hydrogens is 266 g/mol. The van der Waals surface area contributed by atoms with Gasteiger partial charge in [-0.3, -0.25) is 9.59 Å². The molecule has 0 saturated carbocycles. The number of carbonyl (C=O) groups excluding carboxylic acids is 2. The zero-order chi connectivity index (χ0) is 13.4. The number of rotatable bonds is 1. The van der Waals surface area contributed by atoms with E-state index in [9.17, 15) is 9.59 Å². The Morgan fingerprint density at radius 2 is 1.84 bits per heavy atom. The highest BCUT2D eigenvalue weighted by Gasteiger charge is 2.20. The van der Waals surface area contributed by atoms with Crippen molar-refractivity contribution in [2.24, 2.45) is 0 Å². The number of hydrogen-bond acceptors (Lipinski definition) is 4. The second-order valence-corrected chi connectivity index (χ2v) is 4.33. The van der Waals surface area contributed by atoms with Gasteiger partial charge in [0.2, 0.25) is 0 Å². The maximum Gasteiger partial charge on any atom is 0.270 e. The van der Waals surface area contributed by atoms with Crippen molar-refractivity contribution in [1.82, 2.24) is 4.98 Å². The molecule has 2 aromatic rings. The van der Waals surface area contributed by atoms with Crippen LogP contribution in [0.5, 0.6) is 0 Å². The third-order valence-electron chi connectivity index (χ3n) is 2.77. The molecule has 19 heavy (non-hydrogen) atoms. The highest BCUT2D eigenvalue weighted by molar-refractivity contribution is 6.67. The smallest absolute Gasteiger partial charge is 0.270 e. The summed E-state index contributed by atoms with van der Waals surface area (Å²) in [7, 11) is 0. The minimum absolute atomic E-state index is 0.0912. The molecule has 3 rings (SSSR count). The predicted octanol–water partition coefficient (Wildman–Crippen LogP) is 2.77. The van der Waals surface area contributed by atoms with Gasteiger partial charge in [0.1, 0.15) is 5.69 Å². The molecule has 1 aliphatic rings. The molecule has 1 amide bonds. The minimum Gasteiger partial charge on any atom is -0.352 e. The van der Waals surface area contributed by atoms with Crippen molar-refractivity contribution in [3.63, 3.8) is 0 Å². The standard InChI is InChI=1S/C13H8ClN3O2/c14-11(18)9-5-6-10-12(16-9)17-13(19)7-3-1-2-4-8(7)15-10/h1-6,15H,(H,16,17,19). The number of benzene rings is 1. The largest absolute Gasteiger partial charge is 0.352 e. The number of halogens is 1. The SMILES string of the molecule is O=C(Cl)c1ccc2c(n1)NC(=O)c1ccccc1N2. The summed E-state index contributed by atoms with van der Waals surface area (Å²) in [5, 5.41) is 5.08. The lowest BCUT2D eigenvalue weighted by atomic mass is 10.1. The normalized spacial score (nSPS) is 12.6. The van der Waals surface area contributed by atoms with Crippen molar-refractivity contribution >= 4 is 39.9 Å². The van der Waals surface area contributed by atoms with E-state index in [4.69, 9.17) is 11.6 Å².